The number of hydrogen-bond donors (Lipinski definition) is 3. The Labute approximate surface area is 226 Å². The molecule has 3 N–H and O–H groups in total. The number of amides is 2. The van der Waals surface area contributed by atoms with Crippen molar-refractivity contribution in [2.75, 3.05) is 26.2 Å². The molecule has 3 atom stereocenters. The zero-order valence-electron chi connectivity index (χ0n) is 22.3. The SMILES string of the molecule is CC[C@H](CN1CC[C@@H](CNC(=O)/C=C/c2ccc(Cl)cc2)N[C@@H](CCNC(C)C)C1=O)c1ccccc1. The van der Waals surface area contributed by atoms with Crippen LogP contribution in [0.25, 0.3) is 6.08 Å². The van der Waals surface area contributed by atoms with E-state index in [9.17, 15) is 9.59 Å². The van der Waals surface area contributed by atoms with Gasteiger partial charge in [0, 0.05) is 48.7 Å². The smallest absolute Gasteiger partial charge is 0.244 e. The lowest BCUT2D eigenvalue weighted by Gasteiger charge is -2.28. The van der Waals surface area contributed by atoms with Crippen molar-refractivity contribution in [3.8, 4) is 0 Å². The molecule has 2 amide bonds. The number of halogens is 1. The first-order valence-corrected chi connectivity index (χ1v) is 13.8. The Hall–Kier alpha value is -2.67. The quantitative estimate of drug-likeness (QED) is 0.354. The molecule has 0 spiro atoms. The van der Waals surface area contributed by atoms with Crippen LogP contribution in [0.1, 0.15) is 57.1 Å². The minimum absolute atomic E-state index is 0.0164. The molecule has 1 saturated heterocycles. The second-order valence-corrected chi connectivity index (χ2v) is 10.5. The summed E-state index contributed by atoms with van der Waals surface area (Å²) in [6.07, 6.45) is 5.77. The summed E-state index contributed by atoms with van der Waals surface area (Å²) in [5.41, 5.74) is 2.18. The highest BCUT2D eigenvalue weighted by atomic mass is 35.5. The minimum Gasteiger partial charge on any atom is -0.351 e. The molecule has 0 aromatic heterocycles. The number of carbonyl (C=O) groups excluding carboxylic acids is 2. The molecule has 1 aliphatic rings. The zero-order valence-corrected chi connectivity index (χ0v) is 23.0. The third-order valence-electron chi connectivity index (χ3n) is 6.80. The zero-order chi connectivity index (χ0) is 26.6. The van der Waals surface area contributed by atoms with Gasteiger partial charge in [0.1, 0.15) is 0 Å². The molecule has 0 saturated carbocycles. The van der Waals surface area contributed by atoms with E-state index in [1.807, 2.05) is 23.1 Å². The Kier molecular flexibility index (Phi) is 11.6. The lowest BCUT2D eigenvalue weighted by Crippen LogP contribution is -2.50. The van der Waals surface area contributed by atoms with Gasteiger partial charge in [-0.05, 0) is 55.1 Å². The summed E-state index contributed by atoms with van der Waals surface area (Å²) in [4.78, 5) is 28.1. The number of nitrogens with one attached hydrogen (secondary N) is 3. The van der Waals surface area contributed by atoms with Gasteiger partial charge in [-0.25, -0.2) is 0 Å². The third kappa shape index (κ3) is 9.62. The van der Waals surface area contributed by atoms with Gasteiger partial charge in [0.25, 0.3) is 0 Å². The van der Waals surface area contributed by atoms with Gasteiger partial charge in [0.2, 0.25) is 11.8 Å². The van der Waals surface area contributed by atoms with Crippen LogP contribution in [-0.2, 0) is 9.59 Å². The molecule has 37 heavy (non-hydrogen) atoms. The van der Waals surface area contributed by atoms with Gasteiger partial charge in [0.05, 0.1) is 6.04 Å². The van der Waals surface area contributed by atoms with Crippen molar-refractivity contribution in [1.82, 2.24) is 20.9 Å². The van der Waals surface area contributed by atoms with Crippen LogP contribution in [0, 0.1) is 0 Å². The van der Waals surface area contributed by atoms with Crippen molar-refractivity contribution < 1.29 is 9.59 Å². The highest BCUT2D eigenvalue weighted by Gasteiger charge is 2.31. The molecule has 0 radical (unpaired) electrons. The molecule has 200 valence electrons. The van der Waals surface area contributed by atoms with Crippen LogP contribution in [0.3, 0.4) is 0 Å². The highest BCUT2D eigenvalue weighted by Crippen LogP contribution is 2.22. The van der Waals surface area contributed by atoms with Gasteiger partial charge in [-0.15, -0.1) is 0 Å². The molecule has 6 nitrogen and oxygen atoms in total. The molecule has 1 heterocycles. The number of rotatable bonds is 12. The van der Waals surface area contributed by atoms with E-state index in [0.717, 1.165) is 24.9 Å². The number of hydrogen-bond acceptors (Lipinski definition) is 4. The van der Waals surface area contributed by atoms with Crippen LogP contribution in [-0.4, -0.2) is 61.0 Å². The van der Waals surface area contributed by atoms with Gasteiger partial charge >= 0.3 is 0 Å². The van der Waals surface area contributed by atoms with E-state index in [4.69, 9.17) is 11.6 Å². The second kappa shape index (κ2) is 14.9. The monoisotopic (exact) mass is 524 g/mol. The minimum atomic E-state index is -0.284. The molecule has 0 bridgehead atoms. The average molecular weight is 525 g/mol. The summed E-state index contributed by atoms with van der Waals surface area (Å²) in [5, 5.41) is 10.6. The molecular weight excluding hydrogens is 484 g/mol. The van der Waals surface area contributed by atoms with E-state index >= 15 is 0 Å². The Morgan fingerprint density at radius 1 is 1.16 bits per heavy atom. The largest absolute Gasteiger partial charge is 0.351 e. The highest BCUT2D eigenvalue weighted by molar-refractivity contribution is 6.30. The molecular formula is C30H41ClN4O2. The molecule has 2 aromatic carbocycles. The maximum Gasteiger partial charge on any atom is 0.244 e. The van der Waals surface area contributed by atoms with Crippen molar-refractivity contribution in [1.29, 1.82) is 0 Å². The van der Waals surface area contributed by atoms with Crippen LogP contribution < -0.4 is 16.0 Å². The Morgan fingerprint density at radius 3 is 2.57 bits per heavy atom. The topological polar surface area (TPSA) is 73.5 Å². The van der Waals surface area contributed by atoms with Crippen LogP contribution in [0.4, 0.5) is 0 Å². The first-order chi connectivity index (χ1) is 17.9. The Balaban J connectivity index is 1.63. The van der Waals surface area contributed by atoms with E-state index < -0.39 is 0 Å². The van der Waals surface area contributed by atoms with E-state index in [2.05, 4.69) is 61.0 Å². The summed E-state index contributed by atoms with van der Waals surface area (Å²) < 4.78 is 0. The third-order valence-corrected chi connectivity index (χ3v) is 7.06. The van der Waals surface area contributed by atoms with E-state index in [0.29, 0.717) is 43.0 Å². The van der Waals surface area contributed by atoms with Crippen molar-refractivity contribution in [3.63, 3.8) is 0 Å². The summed E-state index contributed by atoms with van der Waals surface area (Å²) in [6.45, 7) is 9.00. The summed E-state index contributed by atoms with van der Waals surface area (Å²) in [5.74, 6) is 0.294. The molecule has 1 aliphatic heterocycles. The van der Waals surface area contributed by atoms with Gasteiger partial charge in [-0.1, -0.05) is 74.8 Å². The van der Waals surface area contributed by atoms with Crippen molar-refractivity contribution in [3.05, 3.63) is 76.8 Å². The fraction of sp³-hybridized carbons (Fsp3) is 0.467. The van der Waals surface area contributed by atoms with Crippen LogP contribution in [0.15, 0.2) is 60.7 Å². The number of nitrogens with zero attached hydrogens (tertiary/aromatic N) is 1. The first-order valence-electron chi connectivity index (χ1n) is 13.4. The molecule has 0 unspecified atom stereocenters. The summed E-state index contributed by atoms with van der Waals surface area (Å²) >= 11 is 5.93. The Morgan fingerprint density at radius 2 is 1.89 bits per heavy atom. The maximum absolute atomic E-state index is 13.6. The second-order valence-electron chi connectivity index (χ2n) is 10.0. The van der Waals surface area contributed by atoms with Gasteiger partial charge in [-0.2, -0.15) is 0 Å². The lowest BCUT2D eigenvalue weighted by atomic mass is 9.95. The van der Waals surface area contributed by atoms with Crippen LogP contribution in [0.2, 0.25) is 5.02 Å². The fourth-order valence-corrected chi connectivity index (χ4v) is 4.76. The van der Waals surface area contributed by atoms with Crippen molar-refractivity contribution in [2.24, 2.45) is 0 Å². The number of benzene rings is 2. The average Bonchev–Trinajstić information content (AvgIpc) is 3.04. The van der Waals surface area contributed by atoms with Crippen molar-refractivity contribution in [2.45, 2.75) is 64.1 Å². The van der Waals surface area contributed by atoms with E-state index in [1.54, 1.807) is 18.2 Å². The van der Waals surface area contributed by atoms with Gasteiger partial charge in [0.15, 0.2) is 0 Å². The standard InChI is InChI=1S/C30H41ClN4O2/c1-4-24(25-8-6-5-7-9-25)21-35-19-17-27(34-28(30(35)37)16-18-32-22(2)3)20-33-29(36)15-12-23-10-13-26(31)14-11-23/h5-15,22,24,27-28,32,34H,4,16-21H2,1-3H3,(H,33,36)/b15-12+/t24-,27+,28+/m1/s1. The van der Waals surface area contributed by atoms with Crippen LogP contribution >= 0.6 is 11.6 Å². The molecule has 0 aliphatic carbocycles. The van der Waals surface area contributed by atoms with Crippen molar-refractivity contribution >= 4 is 29.5 Å². The van der Waals surface area contributed by atoms with Gasteiger partial charge < -0.3 is 20.9 Å². The molecule has 7 heteroatoms. The maximum atomic E-state index is 13.6. The lowest BCUT2D eigenvalue weighted by molar-refractivity contribution is -0.133. The van der Waals surface area contributed by atoms with E-state index in [-0.39, 0.29) is 23.9 Å². The normalized spacial score (nSPS) is 19.3. The van der Waals surface area contributed by atoms with Gasteiger partial charge in [-0.3, -0.25) is 9.59 Å². The fourth-order valence-electron chi connectivity index (χ4n) is 4.64. The van der Waals surface area contributed by atoms with E-state index in [1.165, 1.54) is 11.6 Å². The van der Waals surface area contributed by atoms with Crippen LogP contribution in [0.5, 0.6) is 0 Å². The summed E-state index contributed by atoms with van der Waals surface area (Å²) in [6, 6.07) is 17.9. The Bertz CT molecular complexity index is 1010. The predicted molar refractivity (Wildman–Crippen MR) is 153 cm³/mol. The molecule has 3 rings (SSSR count). The number of carbonyl (C=O) groups is 2. The first kappa shape index (κ1) is 28.9. The molecule has 2 aromatic rings. The predicted octanol–water partition coefficient (Wildman–Crippen LogP) is 4.61. The summed E-state index contributed by atoms with van der Waals surface area (Å²) in [7, 11) is 0. The molecule has 1 fully saturated rings.